The van der Waals surface area contributed by atoms with Gasteiger partial charge in [0.25, 0.3) is 0 Å². The summed E-state index contributed by atoms with van der Waals surface area (Å²) in [5, 5.41) is 3.55. The number of aliphatic imine (C=N–C) groups is 1. The maximum absolute atomic E-state index is 11.9. The molecule has 1 aliphatic heterocycles. The first kappa shape index (κ1) is 17.1. The molecule has 3 atom stereocenters. The van der Waals surface area contributed by atoms with Crippen molar-refractivity contribution in [2.45, 2.75) is 50.6 Å². The zero-order valence-corrected chi connectivity index (χ0v) is 15.8. The summed E-state index contributed by atoms with van der Waals surface area (Å²) in [6.45, 7) is 4.58. The number of nitrogens with one attached hydrogen (secondary N) is 1. The summed E-state index contributed by atoms with van der Waals surface area (Å²) in [5.74, 6) is 2.99. The van der Waals surface area contributed by atoms with Gasteiger partial charge in [0, 0.05) is 52.4 Å². The second kappa shape index (κ2) is 7.14. The molecule has 140 valence electrons. The zero-order valence-electron chi connectivity index (χ0n) is 15.8. The van der Waals surface area contributed by atoms with Gasteiger partial charge in [-0.25, -0.2) is 4.99 Å². The van der Waals surface area contributed by atoms with Crippen LogP contribution < -0.4 is 5.32 Å². The fourth-order valence-corrected chi connectivity index (χ4v) is 4.85. The quantitative estimate of drug-likeness (QED) is 0.609. The van der Waals surface area contributed by atoms with Gasteiger partial charge in [0.15, 0.2) is 5.96 Å². The third-order valence-electron chi connectivity index (χ3n) is 6.56. The molecule has 2 bridgehead atoms. The number of carbonyl (C=O) groups excluding carboxylic acids is 1. The predicted molar refractivity (Wildman–Crippen MR) is 99.5 cm³/mol. The Bertz CT molecular complexity index is 522. The summed E-state index contributed by atoms with van der Waals surface area (Å²) in [7, 11) is 3.58. The summed E-state index contributed by atoms with van der Waals surface area (Å²) in [6, 6.07) is 1.41. The molecule has 25 heavy (non-hydrogen) atoms. The Hall–Kier alpha value is -1.30. The van der Waals surface area contributed by atoms with E-state index in [0.29, 0.717) is 6.04 Å². The van der Waals surface area contributed by atoms with Gasteiger partial charge in [-0.05, 0) is 43.9 Å². The van der Waals surface area contributed by atoms with E-state index in [-0.39, 0.29) is 12.5 Å². The smallest absolute Gasteiger partial charge is 0.243 e. The summed E-state index contributed by atoms with van der Waals surface area (Å²) in [4.78, 5) is 23.2. The predicted octanol–water partition coefficient (Wildman–Crippen LogP) is 0.989. The molecule has 3 aliphatic carbocycles. The third kappa shape index (κ3) is 3.94. The Kier molecular flexibility index (Phi) is 4.89. The first-order chi connectivity index (χ1) is 12.1. The van der Waals surface area contributed by atoms with Gasteiger partial charge in [-0.3, -0.25) is 9.69 Å². The number of carbonyl (C=O) groups is 1. The Balaban J connectivity index is 1.33. The van der Waals surface area contributed by atoms with E-state index in [9.17, 15) is 4.79 Å². The van der Waals surface area contributed by atoms with Crippen molar-refractivity contribution in [2.75, 3.05) is 46.8 Å². The van der Waals surface area contributed by atoms with Crippen molar-refractivity contribution < 1.29 is 4.79 Å². The highest BCUT2D eigenvalue weighted by atomic mass is 16.2. The van der Waals surface area contributed by atoms with Crippen molar-refractivity contribution in [1.29, 1.82) is 0 Å². The molecule has 6 nitrogen and oxygen atoms in total. The maximum atomic E-state index is 11.9. The van der Waals surface area contributed by atoms with Crippen molar-refractivity contribution >= 4 is 11.9 Å². The molecule has 0 spiro atoms. The molecule has 6 heteroatoms. The number of fused-ring (bicyclic) bond motifs is 2. The van der Waals surface area contributed by atoms with E-state index < -0.39 is 0 Å². The topological polar surface area (TPSA) is 51.2 Å². The van der Waals surface area contributed by atoms with E-state index in [1.54, 1.807) is 19.0 Å². The van der Waals surface area contributed by atoms with Crippen molar-refractivity contribution in [1.82, 2.24) is 20.0 Å². The highest BCUT2D eigenvalue weighted by molar-refractivity contribution is 5.85. The van der Waals surface area contributed by atoms with E-state index in [2.05, 4.69) is 20.1 Å². The summed E-state index contributed by atoms with van der Waals surface area (Å²) >= 11 is 0. The molecular weight excluding hydrogens is 314 g/mol. The lowest BCUT2D eigenvalue weighted by atomic mass is 9.93. The van der Waals surface area contributed by atoms with Crippen LogP contribution in [0.1, 0.15) is 38.5 Å². The van der Waals surface area contributed by atoms with E-state index in [1.165, 1.54) is 38.5 Å². The van der Waals surface area contributed by atoms with Gasteiger partial charge in [0.05, 0.1) is 0 Å². The number of hydrogen-bond acceptors (Lipinski definition) is 3. The second-order valence-electron chi connectivity index (χ2n) is 8.61. The number of nitrogens with zero attached hydrogens (tertiary/aromatic N) is 4. The number of likely N-dealkylation sites (N-methyl/N-ethyl adjacent to an activating group) is 1. The maximum Gasteiger partial charge on any atom is 0.243 e. The van der Waals surface area contributed by atoms with Gasteiger partial charge < -0.3 is 15.1 Å². The highest BCUT2D eigenvalue weighted by Crippen LogP contribution is 2.46. The van der Waals surface area contributed by atoms with E-state index in [4.69, 9.17) is 0 Å². The Morgan fingerprint density at radius 2 is 1.84 bits per heavy atom. The molecule has 0 aromatic rings. The SMILES string of the molecule is CN(C)C(=O)CN=C(NC1CC1)N1CCN(C2CC3CCC2C3)CC1. The van der Waals surface area contributed by atoms with Gasteiger partial charge in [0.1, 0.15) is 6.54 Å². The lowest BCUT2D eigenvalue weighted by Gasteiger charge is -2.42. The van der Waals surface area contributed by atoms with Crippen LogP contribution in [0.2, 0.25) is 0 Å². The van der Waals surface area contributed by atoms with Gasteiger partial charge in [0.2, 0.25) is 5.91 Å². The Morgan fingerprint density at radius 3 is 2.40 bits per heavy atom. The molecule has 4 rings (SSSR count). The summed E-state index contributed by atoms with van der Waals surface area (Å²) in [6.07, 6.45) is 8.30. The second-order valence-corrected chi connectivity index (χ2v) is 8.61. The number of piperazine rings is 1. The number of rotatable bonds is 4. The van der Waals surface area contributed by atoms with Gasteiger partial charge in [-0.1, -0.05) is 6.42 Å². The first-order valence-corrected chi connectivity index (χ1v) is 10.1. The molecule has 4 aliphatic rings. The standard InChI is InChI=1S/C19H33N5O/c1-22(2)18(25)13-20-19(21-16-5-6-16)24-9-7-23(8-10-24)17-12-14-3-4-15(17)11-14/h14-17H,3-13H2,1-2H3,(H,20,21). The zero-order chi connectivity index (χ0) is 17.4. The van der Waals surface area contributed by atoms with Crippen LogP contribution >= 0.6 is 0 Å². The number of hydrogen-bond donors (Lipinski definition) is 1. The number of guanidine groups is 1. The normalized spacial score (nSPS) is 33.0. The van der Waals surface area contributed by atoms with E-state index in [0.717, 1.165) is 50.0 Å². The van der Waals surface area contributed by atoms with Crippen LogP contribution in [-0.2, 0) is 4.79 Å². The summed E-state index contributed by atoms with van der Waals surface area (Å²) in [5.41, 5.74) is 0. The van der Waals surface area contributed by atoms with Crippen LogP contribution in [0.4, 0.5) is 0 Å². The summed E-state index contributed by atoms with van der Waals surface area (Å²) < 4.78 is 0. The van der Waals surface area contributed by atoms with Crippen LogP contribution in [0, 0.1) is 11.8 Å². The van der Waals surface area contributed by atoms with Crippen LogP contribution in [0.15, 0.2) is 4.99 Å². The van der Waals surface area contributed by atoms with Crippen LogP contribution in [0.3, 0.4) is 0 Å². The third-order valence-corrected chi connectivity index (χ3v) is 6.56. The van der Waals surface area contributed by atoms with Gasteiger partial charge in [-0.2, -0.15) is 0 Å². The molecule has 1 N–H and O–H groups in total. The fourth-order valence-electron chi connectivity index (χ4n) is 4.85. The van der Waals surface area contributed by atoms with Crippen LogP contribution in [-0.4, -0.2) is 85.5 Å². The molecule has 0 aromatic carbocycles. The Labute approximate surface area is 151 Å². The van der Waals surface area contributed by atoms with Crippen molar-refractivity contribution in [3.8, 4) is 0 Å². The molecule has 0 aromatic heterocycles. The molecule has 1 heterocycles. The average Bonchev–Trinajstić information content (AvgIpc) is 3.18. The lowest BCUT2D eigenvalue weighted by molar-refractivity contribution is -0.127. The lowest BCUT2D eigenvalue weighted by Crippen LogP contribution is -2.56. The largest absolute Gasteiger partial charge is 0.353 e. The fraction of sp³-hybridized carbons (Fsp3) is 0.895. The van der Waals surface area contributed by atoms with E-state index in [1.807, 2.05) is 0 Å². The van der Waals surface area contributed by atoms with E-state index >= 15 is 0 Å². The van der Waals surface area contributed by atoms with Crippen molar-refractivity contribution in [3.63, 3.8) is 0 Å². The van der Waals surface area contributed by atoms with Gasteiger partial charge >= 0.3 is 0 Å². The molecule has 4 fully saturated rings. The monoisotopic (exact) mass is 347 g/mol. The van der Waals surface area contributed by atoms with Crippen LogP contribution in [0.25, 0.3) is 0 Å². The molecule has 3 saturated carbocycles. The minimum absolute atomic E-state index is 0.0655. The minimum atomic E-state index is 0.0655. The highest BCUT2D eigenvalue weighted by Gasteiger charge is 2.43. The molecule has 1 amide bonds. The van der Waals surface area contributed by atoms with Crippen LogP contribution in [0.5, 0.6) is 0 Å². The van der Waals surface area contributed by atoms with Crippen molar-refractivity contribution in [3.05, 3.63) is 0 Å². The first-order valence-electron chi connectivity index (χ1n) is 10.1. The molecular formula is C19H33N5O. The Morgan fingerprint density at radius 1 is 1.08 bits per heavy atom. The molecule has 1 saturated heterocycles. The van der Waals surface area contributed by atoms with Crippen molar-refractivity contribution in [2.24, 2.45) is 16.8 Å². The number of amides is 1. The van der Waals surface area contributed by atoms with Gasteiger partial charge in [-0.15, -0.1) is 0 Å². The molecule has 3 unspecified atom stereocenters. The molecule has 0 radical (unpaired) electrons. The average molecular weight is 348 g/mol. The minimum Gasteiger partial charge on any atom is -0.353 e.